The summed E-state index contributed by atoms with van der Waals surface area (Å²) in [6.07, 6.45) is 0. The van der Waals surface area contributed by atoms with E-state index in [1.807, 2.05) is 0 Å². The van der Waals surface area contributed by atoms with Gasteiger partial charge in [-0.2, -0.15) is 0 Å². The fourth-order valence-corrected chi connectivity index (χ4v) is 1.32. The van der Waals surface area contributed by atoms with Gasteiger partial charge in [0.15, 0.2) is 11.3 Å². The summed E-state index contributed by atoms with van der Waals surface area (Å²) >= 11 is 2.95. The van der Waals surface area contributed by atoms with Gasteiger partial charge in [0.25, 0.3) is 0 Å². The van der Waals surface area contributed by atoms with Crippen LogP contribution in [0.4, 0.5) is 0 Å². The van der Waals surface area contributed by atoms with Crippen molar-refractivity contribution in [3.8, 4) is 0 Å². The molecular weight excluding hydrogens is 224 g/mol. The minimum absolute atomic E-state index is 0.0462. The number of carbonyl (C=O) groups is 2. The van der Waals surface area contributed by atoms with Gasteiger partial charge in [0.2, 0.25) is 5.91 Å². The van der Waals surface area contributed by atoms with Crippen molar-refractivity contribution in [2.75, 3.05) is 5.33 Å². The van der Waals surface area contributed by atoms with Crippen molar-refractivity contribution in [1.82, 2.24) is 0 Å². The van der Waals surface area contributed by atoms with E-state index in [4.69, 9.17) is 11.5 Å². The SMILES string of the molecule is CC(C)[C@](N)(C(N)=O)C(=O)CBr. The van der Waals surface area contributed by atoms with E-state index in [2.05, 4.69) is 15.9 Å². The quantitative estimate of drug-likeness (QED) is 0.524. The molecule has 0 radical (unpaired) electrons. The van der Waals surface area contributed by atoms with Crippen molar-refractivity contribution in [2.24, 2.45) is 17.4 Å². The fraction of sp³-hybridized carbons (Fsp3) is 0.714. The monoisotopic (exact) mass is 236 g/mol. The van der Waals surface area contributed by atoms with Crippen LogP contribution < -0.4 is 11.5 Å². The Morgan fingerprint density at radius 2 is 1.92 bits per heavy atom. The Labute approximate surface area is 79.8 Å². The summed E-state index contributed by atoms with van der Waals surface area (Å²) in [5.41, 5.74) is 9.09. The minimum Gasteiger partial charge on any atom is -0.368 e. The number of nitrogens with two attached hydrogens (primary N) is 2. The normalized spacial score (nSPS) is 15.8. The second kappa shape index (κ2) is 4.00. The van der Waals surface area contributed by atoms with Crippen molar-refractivity contribution in [2.45, 2.75) is 19.4 Å². The van der Waals surface area contributed by atoms with Gasteiger partial charge < -0.3 is 11.5 Å². The largest absolute Gasteiger partial charge is 0.368 e. The van der Waals surface area contributed by atoms with E-state index in [0.29, 0.717) is 0 Å². The first-order valence-electron chi connectivity index (χ1n) is 3.55. The number of Topliss-reactive ketones (excluding diaryl/α,β-unsaturated/α-hetero) is 1. The molecule has 0 unspecified atom stereocenters. The molecule has 0 fully saturated rings. The average Bonchev–Trinajstić information content (AvgIpc) is 2.00. The van der Waals surface area contributed by atoms with Crippen molar-refractivity contribution >= 4 is 27.6 Å². The van der Waals surface area contributed by atoms with E-state index >= 15 is 0 Å². The van der Waals surface area contributed by atoms with Gasteiger partial charge in [-0.25, -0.2) is 0 Å². The molecular formula is C7H13BrN2O2. The molecule has 12 heavy (non-hydrogen) atoms. The number of amides is 1. The lowest BCUT2D eigenvalue weighted by Crippen LogP contribution is -2.62. The lowest BCUT2D eigenvalue weighted by molar-refractivity contribution is -0.134. The third kappa shape index (κ3) is 1.84. The summed E-state index contributed by atoms with van der Waals surface area (Å²) in [4.78, 5) is 22.2. The van der Waals surface area contributed by atoms with Crippen molar-refractivity contribution < 1.29 is 9.59 Å². The highest BCUT2D eigenvalue weighted by molar-refractivity contribution is 9.09. The van der Waals surface area contributed by atoms with Crippen LogP contribution >= 0.6 is 15.9 Å². The van der Waals surface area contributed by atoms with Crippen LogP contribution in [0.15, 0.2) is 0 Å². The van der Waals surface area contributed by atoms with Crippen LogP contribution in [0.1, 0.15) is 13.8 Å². The maximum Gasteiger partial charge on any atom is 0.245 e. The summed E-state index contributed by atoms with van der Waals surface area (Å²) in [7, 11) is 0. The van der Waals surface area contributed by atoms with Crippen molar-refractivity contribution in [1.29, 1.82) is 0 Å². The molecule has 0 aromatic carbocycles. The molecule has 0 heterocycles. The van der Waals surface area contributed by atoms with E-state index in [1.54, 1.807) is 13.8 Å². The van der Waals surface area contributed by atoms with Crippen LogP contribution in [0.25, 0.3) is 0 Å². The maximum absolute atomic E-state index is 11.2. The Kier molecular flexibility index (Phi) is 3.86. The van der Waals surface area contributed by atoms with Gasteiger partial charge in [-0.05, 0) is 5.92 Å². The molecule has 1 amide bonds. The maximum atomic E-state index is 11.2. The Hall–Kier alpha value is -0.420. The van der Waals surface area contributed by atoms with Crippen molar-refractivity contribution in [3.05, 3.63) is 0 Å². The highest BCUT2D eigenvalue weighted by atomic mass is 79.9. The molecule has 4 N–H and O–H groups in total. The molecule has 0 saturated heterocycles. The summed E-state index contributed by atoms with van der Waals surface area (Å²) in [5, 5.41) is 0.0462. The van der Waals surface area contributed by atoms with E-state index in [9.17, 15) is 9.59 Å². The third-order valence-electron chi connectivity index (χ3n) is 1.90. The number of alkyl halides is 1. The lowest BCUT2D eigenvalue weighted by atomic mass is 9.83. The van der Waals surface area contributed by atoms with E-state index in [-0.39, 0.29) is 17.0 Å². The molecule has 0 aliphatic carbocycles. The van der Waals surface area contributed by atoms with Gasteiger partial charge in [0, 0.05) is 0 Å². The third-order valence-corrected chi connectivity index (χ3v) is 2.41. The van der Waals surface area contributed by atoms with Crippen LogP contribution in [0, 0.1) is 5.92 Å². The summed E-state index contributed by atoms with van der Waals surface area (Å²) in [5.74, 6) is -1.45. The van der Waals surface area contributed by atoms with Gasteiger partial charge in [0.1, 0.15) is 0 Å². The van der Waals surface area contributed by atoms with E-state index in [0.717, 1.165) is 0 Å². The minimum atomic E-state index is -1.54. The molecule has 5 heteroatoms. The van der Waals surface area contributed by atoms with Crippen molar-refractivity contribution in [3.63, 3.8) is 0 Å². The molecule has 0 bridgehead atoms. The molecule has 70 valence electrons. The predicted molar refractivity (Wildman–Crippen MR) is 49.8 cm³/mol. The molecule has 0 spiro atoms. The Morgan fingerprint density at radius 1 is 1.50 bits per heavy atom. The van der Waals surface area contributed by atoms with Crippen LogP contribution in [0.2, 0.25) is 0 Å². The van der Waals surface area contributed by atoms with Crippen LogP contribution in [-0.4, -0.2) is 22.6 Å². The number of rotatable bonds is 4. The predicted octanol–water partition coefficient (Wildman–Crippen LogP) is -0.211. The first-order chi connectivity index (χ1) is 5.37. The highest BCUT2D eigenvalue weighted by Gasteiger charge is 2.42. The van der Waals surface area contributed by atoms with Gasteiger partial charge >= 0.3 is 0 Å². The zero-order chi connectivity index (χ0) is 9.94. The summed E-state index contributed by atoms with van der Waals surface area (Å²) in [6.45, 7) is 3.37. The first-order valence-corrected chi connectivity index (χ1v) is 4.67. The Morgan fingerprint density at radius 3 is 2.00 bits per heavy atom. The van der Waals surface area contributed by atoms with Gasteiger partial charge in [-0.1, -0.05) is 29.8 Å². The lowest BCUT2D eigenvalue weighted by Gasteiger charge is -2.27. The number of primary amides is 1. The first kappa shape index (κ1) is 11.6. The second-order valence-electron chi connectivity index (χ2n) is 2.94. The molecule has 1 atom stereocenters. The fourth-order valence-electron chi connectivity index (χ4n) is 0.854. The number of hydrogen-bond acceptors (Lipinski definition) is 3. The molecule has 0 aromatic rings. The molecule has 0 aliphatic heterocycles. The topological polar surface area (TPSA) is 86.2 Å². The molecule has 0 saturated carbocycles. The van der Waals surface area contributed by atoms with Gasteiger partial charge in [0.05, 0.1) is 5.33 Å². The van der Waals surface area contributed by atoms with E-state index < -0.39 is 11.4 Å². The summed E-state index contributed by atoms with van der Waals surface area (Å²) < 4.78 is 0. The highest BCUT2D eigenvalue weighted by Crippen LogP contribution is 2.15. The second-order valence-corrected chi connectivity index (χ2v) is 3.51. The van der Waals surface area contributed by atoms with Crippen LogP contribution in [0.5, 0.6) is 0 Å². The van der Waals surface area contributed by atoms with Gasteiger partial charge in [-0.15, -0.1) is 0 Å². The standard InChI is InChI=1S/C7H13BrN2O2/c1-4(2)7(10,6(9)12)5(11)3-8/h4H,3,10H2,1-2H3,(H2,9,12)/t7-/m1/s1. The number of carbonyl (C=O) groups excluding carboxylic acids is 2. The number of hydrogen-bond donors (Lipinski definition) is 2. The zero-order valence-corrected chi connectivity index (χ0v) is 8.72. The van der Waals surface area contributed by atoms with E-state index in [1.165, 1.54) is 0 Å². The summed E-state index contributed by atoms with van der Waals surface area (Å²) in [6, 6.07) is 0. The smallest absolute Gasteiger partial charge is 0.245 e. The zero-order valence-electron chi connectivity index (χ0n) is 7.13. The number of ketones is 1. The molecule has 0 aliphatic rings. The molecule has 0 rings (SSSR count). The van der Waals surface area contributed by atoms with Gasteiger partial charge in [-0.3, -0.25) is 9.59 Å². The molecule has 4 nitrogen and oxygen atoms in total. The molecule has 0 aromatic heterocycles. The number of halogens is 1. The van der Waals surface area contributed by atoms with Crippen LogP contribution in [0.3, 0.4) is 0 Å². The average molecular weight is 237 g/mol. The van der Waals surface area contributed by atoms with Crippen LogP contribution in [-0.2, 0) is 9.59 Å². The Balaban J connectivity index is 4.87. The Bertz CT molecular complexity index is 206.